The Morgan fingerprint density at radius 1 is 1.25 bits per heavy atom. The van der Waals surface area contributed by atoms with Gasteiger partial charge >= 0.3 is 0 Å². The number of hydrogen-bond donors (Lipinski definition) is 0. The molecular weight excluding hydrogens is 274 g/mol. The van der Waals surface area contributed by atoms with Crippen molar-refractivity contribution >= 4 is 27.7 Å². The second-order valence-corrected chi connectivity index (χ2v) is 7.71. The van der Waals surface area contributed by atoms with Gasteiger partial charge < -0.3 is 4.42 Å². The largest absolute Gasteiger partial charge is 0.443 e. The number of carbonyl (C=O) groups excluding carboxylic acids is 1. The molecule has 0 N–H and O–H groups in total. The van der Waals surface area contributed by atoms with Gasteiger partial charge in [-0.2, -0.15) is 0 Å². The molecule has 0 spiro atoms. The number of ketones is 1. The normalized spacial score (nSPS) is 32.6. The van der Waals surface area contributed by atoms with Gasteiger partial charge in [0, 0.05) is 32.8 Å². The Morgan fingerprint density at radius 2 is 2.00 bits per heavy atom. The highest BCUT2D eigenvalue weighted by Crippen LogP contribution is 2.39. The first-order chi connectivity index (χ1) is 9.72. The zero-order valence-electron chi connectivity index (χ0n) is 11.0. The molecule has 5 heteroatoms. The van der Waals surface area contributed by atoms with E-state index in [9.17, 15) is 9.00 Å². The number of hydrogen-bond acceptors (Lipinski definition) is 4. The Kier molecular flexibility index (Phi) is 2.77. The maximum absolute atomic E-state index is 12.6. The lowest BCUT2D eigenvalue weighted by Crippen LogP contribution is -2.32. The second-order valence-electron chi connectivity index (χ2n) is 5.72. The average Bonchev–Trinajstić information content (AvgIpc) is 2.98. The molecule has 1 aromatic heterocycles. The highest BCUT2D eigenvalue weighted by Gasteiger charge is 2.42. The van der Waals surface area contributed by atoms with Crippen LogP contribution >= 0.6 is 0 Å². The zero-order chi connectivity index (χ0) is 13.7. The topological polar surface area (TPSA) is 60.2 Å². The molecule has 4 rings (SSSR count). The summed E-state index contributed by atoms with van der Waals surface area (Å²) in [6.45, 7) is 0. The summed E-state index contributed by atoms with van der Waals surface area (Å²) in [6.07, 6.45) is 4.98. The van der Waals surface area contributed by atoms with Crippen LogP contribution in [-0.4, -0.2) is 25.5 Å². The molecule has 2 fully saturated rings. The number of rotatable bonds is 2. The predicted octanol–water partition coefficient (Wildman–Crippen LogP) is 2.70. The van der Waals surface area contributed by atoms with Gasteiger partial charge in [-0.05, 0) is 43.9 Å². The van der Waals surface area contributed by atoms with Crippen molar-refractivity contribution in [2.24, 2.45) is 5.92 Å². The monoisotopic (exact) mass is 289 g/mol. The van der Waals surface area contributed by atoms with Crippen molar-refractivity contribution in [1.82, 2.24) is 4.98 Å². The van der Waals surface area contributed by atoms with Gasteiger partial charge in [0.15, 0.2) is 17.8 Å². The minimum atomic E-state index is -0.708. The summed E-state index contributed by atoms with van der Waals surface area (Å²) in [4.78, 5) is 16.7. The van der Waals surface area contributed by atoms with E-state index in [0.717, 1.165) is 31.2 Å². The molecular formula is C15H15NO3S. The Hall–Kier alpha value is -1.49. The quantitative estimate of drug-likeness (QED) is 0.798. The Morgan fingerprint density at radius 3 is 2.75 bits per heavy atom. The number of benzene rings is 1. The molecule has 2 aliphatic heterocycles. The summed E-state index contributed by atoms with van der Waals surface area (Å²) < 4.78 is 17.2. The summed E-state index contributed by atoms with van der Waals surface area (Å²) in [7, 11) is -0.708. The van der Waals surface area contributed by atoms with E-state index in [4.69, 9.17) is 4.42 Å². The molecule has 2 aromatic rings. The maximum Gasteiger partial charge on any atom is 0.181 e. The first-order valence-electron chi connectivity index (χ1n) is 6.99. The van der Waals surface area contributed by atoms with Crippen LogP contribution in [0.1, 0.15) is 36.0 Å². The van der Waals surface area contributed by atoms with Crippen molar-refractivity contribution in [1.29, 1.82) is 0 Å². The molecule has 4 nitrogen and oxygen atoms in total. The minimum Gasteiger partial charge on any atom is -0.443 e. The van der Waals surface area contributed by atoms with E-state index in [1.165, 1.54) is 6.39 Å². The molecule has 2 aliphatic rings. The van der Waals surface area contributed by atoms with Gasteiger partial charge in [0.1, 0.15) is 5.52 Å². The average molecular weight is 289 g/mol. The van der Waals surface area contributed by atoms with Crippen LogP contribution in [0, 0.1) is 5.92 Å². The van der Waals surface area contributed by atoms with E-state index < -0.39 is 10.8 Å². The van der Waals surface area contributed by atoms with Crippen molar-refractivity contribution in [3.63, 3.8) is 0 Å². The number of oxazole rings is 1. The summed E-state index contributed by atoms with van der Waals surface area (Å²) in [6, 6.07) is 5.41. The first-order valence-corrected chi connectivity index (χ1v) is 8.27. The lowest BCUT2D eigenvalue weighted by atomic mass is 9.90. The number of nitrogens with zero attached hydrogens (tertiary/aromatic N) is 1. The van der Waals surface area contributed by atoms with Gasteiger partial charge in [-0.3, -0.25) is 9.00 Å². The molecule has 0 aliphatic carbocycles. The molecule has 0 amide bonds. The maximum atomic E-state index is 12.6. The van der Waals surface area contributed by atoms with Crippen molar-refractivity contribution < 1.29 is 13.4 Å². The summed E-state index contributed by atoms with van der Waals surface area (Å²) in [5.74, 6) is 0.193. The van der Waals surface area contributed by atoms with Gasteiger partial charge in [0.25, 0.3) is 0 Å². The van der Waals surface area contributed by atoms with E-state index >= 15 is 0 Å². The van der Waals surface area contributed by atoms with Crippen molar-refractivity contribution in [2.45, 2.75) is 36.2 Å². The molecule has 0 saturated carbocycles. The minimum absolute atomic E-state index is 0.0227. The molecule has 104 valence electrons. The van der Waals surface area contributed by atoms with Gasteiger partial charge in [0.2, 0.25) is 0 Å². The number of Topliss-reactive ketones (excluding diaryl/α,β-unsaturated/α-hetero) is 1. The molecule has 2 atom stereocenters. The molecule has 0 radical (unpaired) electrons. The molecule has 2 bridgehead atoms. The Balaban J connectivity index is 1.62. The summed E-state index contributed by atoms with van der Waals surface area (Å²) in [5.41, 5.74) is 2.12. The fraction of sp³-hybridized carbons (Fsp3) is 0.467. The summed E-state index contributed by atoms with van der Waals surface area (Å²) >= 11 is 0. The Labute approximate surface area is 119 Å². The number of aromatic nitrogens is 1. The fourth-order valence-corrected chi connectivity index (χ4v) is 5.62. The lowest BCUT2D eigenvalue weighted by molar-refractivity contribution is 0.0906. The van der Waals surface area contributed by atoms with Crippen LogP contribution in [0.3, 0.4) is 0 Å². The molecule has 1 aromatic carbocycles. The van der Waals surface area contributed by atoms with E-state index in [-0.39, 0.29) is 22.2 Å². The zero-order valence-corrected chi connectivity index (χ0v) is 11.8. The van der Waals surface area contributed by atoms with Crippen molar-refractivity contribution in [3.05, 3.63) is 30.2 Å². The lowest BCUT2D eigenvalue weighted by Gasteiger charge is -2.26. The number of carbonyl (C=O) groups is 1. The fourth-order valence-electron chi connectivity index (χ4n) is 3.49. The third-order valence-electron chi connectivity index (χ3n) is 4.55. The molecule has 3 heterocycles. The van der Waals surface area contributed by atoms with E-state index in [1.54, 1.807) is 12.1 Å². The van der Waals surface area contributed by atoms with E-state index in [1.807, 2.05) is 6.07 Å². The molecule has 2 unspecified atom stereocenters. The van der Waals surface area contributed by atoms with Crippen LogP contribution in [0.5, 0.6) is 0 Å². The third kappa shape index (κ3) is 1.84. The highest BCUT2D eigenvalue weighted by atomic mass is 32.2. The SMILES string of the molecule is O=C(c1ccc2ocnc2c1)C1CC2CCC(C1)S2=O. The second kappa shape index (κ2) is 4.52. The summed E-state index contributed by atoms with van der Waals surface area (Å²) in [5, 5.41) is 0.469. The van der Waals surface area contributed by atoms with Gasteiger partial charge in [-0.1, -0.05) is 0 Å². The van der Waals surface area contributed by atoms with Crippen LogP contribution in [0.2, 0.25) is 0 Å². The first kappa shape index (κ1) is 12.3. The van der Waals surface area contributed by atoms with Crippen LogP contribution in [-0.2, 0) is 10.8 Å². The highest BCUT2D eigenvalue weighted by molar-refractivity contribution is 7.86. The smallest absolute Gasteiger partial charge is 0.181 e. The van der Waals surface area contributed by atoms with Gasteiger partial charge in [-0.15, -0.1) is 0 Å². The molecule has 2 saturated heterocycles. The van der Waals surface area contributed by atoms with Crippen LogP contribution in [0.15, 0.2) is 29.0 Å². The van der Waals surface area contributed by atoms with Gasteiger partial charge in [0.05, 0.1) is 0 Å². The van der Waals surface area contributed by atoms with Crippen LogP contribution in [0.4, 0.5) is 0 Å². The number of fused-ring (bicyclic) bond motifs is 3. The predicted molar refractivity (Wildman–Crippen MR) is 76.0 cm³/mol. The van der Waals surface area contributed by atoms with Gasteiger partial charge in [-0.25, -0.2) is 4.98 Å². The van der Waals surface area contributed by atoms with E-state index in [2.05, 4.69) is 4.98 Å². The van der Waals surface area contributed by atoms with E-state index in [0.29, 0.717) is 11.1 Å². The van der Waals surface area contributed by atoms with Crippen molar-refractivity contribution in [2.75, 3.05) is 0 Å². The van der Waals surface area contributed by atoms with Crippen LogP contribution < -0.4 is 0 Å². The van der Waals surface area contributed by atoms with Crippen LogP contribution in [0.25, 0.3) is 11.1 Å². The standard InChI is InChI=1S/C15H15NO3S/c17-15(9-1-4-14-13(7-9)16-8-19-14)10-5-11-2-3-12(6-10)20(11)18/h1,4,7-8,10-12H,2-3,5-6H2. The van der Waals surface area contributed by atoms with Crippen molar-refractivity contribution in [3.8, 4) is 0 Å². The Bertz CT molecular complexity index is 692. The molecule has 20 heavy (non-hydrogen) atoms. The third-order valence-corrected chi connectivity index (χ3v) is 6.72.